The third-order valence-corrected chi connectivity index (χ3v) is 4.54. The number of carboxylic acid groups (broad SMARTS) is 1. The summed E-state index contributed by atoms with van der Waals surface area (Å²) in [6.07, 6.45) is -2.43. The minimum atomic E-state index is -4.20. The number of carbonyl (C=O) groups is 2. The molecule has 2 rings (SSSR count). The Morgan fingerprint density at radius 2 is 1.65 bits per heavy atom. The van der Waals surface area contributed by atoms with Gasteiger partial charge >= 0.3 is 12.1 Å². The SMILES string of the molecule is O=C(NC1(C(=O)O)CCC1)C1CCC(C(F)(F)F)CC1. The zero-order chi connectivity index (χ0) is 15.0. The highest BCUT2D eigenvalue weighted by molar-refractivity contribution is 5.88. The molecule has 0 unspecified atom stereocenters. The van der Waals surface area contributed by atoms with Gasteiger partial charge in [0, 0.05) is 5.92 Å². The molecule has 1 amide bonds. The maximum Gasteiger partial charge on any atom is 0.391 e. The number of nitrogens with one attached hydrogen (secondary N) is 1. The van der Waals surface area contributed by atoms with Crippen LogP contribution in [0.2, 0.25) is 0 Å². The van der Waals surface area contributed by atoms with Gasteiger partial charge in [0.15, 0.2) is 0 Å². The second-order valence-electron chi connectivity index (χ2n) is 5.82. The molecule has 0 saturated heterocycles. The van der Waals surface area contributed by atoms with E-state index in [9.17, 15) is 22.8 Å². The van der Waals surface area contributed by atoms with E-state index in [0.717, 1.165) is 6.42 Å². The Morgan fingerprint density at radius 1 is 1.10 bits per heavy atom. The molecule has 0 atom stereocenters. The number of rotatable bonds is 3. The molecule has 0 heterocycles. The summed E-state index contributed by atoms with van der Waals surface area (Å²) in [5.41, 5.74) is -1.18. The molecule has 2 N–H and O–H groups in total. The number of hydrogen-bond acceptors (Lipinski definition) is 2. The van der Waals surface area contributed by atoms with Crippen LogP contribution >= 0.6 is 0 Å². The quantitative estimate of drug-likeness (QED) is 0.840. The minimum absolute atomic E-state index is 0.0539. The van der Waals surface area contributed by atoms with E-state index in [0.29, 0.717) is 12.8 Å². The lowest BCUT2D eigenvalue weighted by molar-refractivity contribution is -0.184. The van der Waals surface area contributed by atoms with Gasteiger partial charge in [-0.15, -0.1) is 0 Å². The van der Waals surface area contributed by atoms with Crippen LogP contribution in [0.3, 0.4) is 0 Å². The van der Waals surface area contributed by atoms with Gasteiger partial charge in [0.25, 0.3) is 0 Å². The molecule has 0 aromatic heterocycles. The van der Waals surface area contributed by atoms with Crippen LogP contribution in [-0.2, 0) is 9.59 Å². The Bertz CT molecular complexity index is 396. The molecule has 20 heavy (non-hydrogen) atoms. The van der Waals surface area contributed by atoms with E-state index >= 15 is 0 Å². The third-order valence-electron chi connectivity index (χ3n) is 4.54. The average Bonchev–Trinajstić information content (AvgIpc) is 2.32. The summed E-state index contributed by atoms with van der Waals surface area (Å²) in [4.78, 5) is 23.2. The molecular formula is C13H18F3NO3. The summed E-state index contributed by atoms with van der Waals surface area (Å²) in [5.74, 6) is -3.29. The summed E-state index contributed by atoms with van der Waals surface area (Å²) in [7, 11) is 0. The Balaban J connectivity index is 1.88. The Kier molecular flexibility index (Phi) is 3.97. The van der Waals surface area contributed by atoms with Crippen molar-refractivity contribution in [2.24, 2.45) is 11.8 Å². The molecule has 2 fully saturated rings. The molecule has 0 radical (unpaired) electrons. The van der Waals surface area contributed by atoms with Crippen LogP contribution in [0.25, 0.3) is 0 Å². The number of amides is 1. The average molecular weight is 293 g/mol. The fourth-order valence-corrected chi connectivity index (χ4v) is 2.94. The second kappa shape index (κ2) is 5.26. The first kappa shape index (κ1) is 15.1. The molecule has 2 aliphatic carbocycles. The van der Waals surface area contributed by atoms with Crippen LogP contribution in [0.5, 0.6) is 0 Å². The van der Waals surface area contributed by atoms with Gasteiger partial charge in [-0.2, -0.15) is 13.2 Å². The summed E-state index contributed by atoms with van der Waals surface area (Å²) in [6.45, 7) is 0. The van der Waals surface area contributed by atoms with E-state index in [1.807, 2.05) is 0 Å². The van der Waals surface area contributed by atoms with Crippen molar-refractivity contribution in [3.63, 3.8) is 0 Å². The molecule has 0 aromatic rings. The van der Waals surface area contributed by atoms with Crippen LogP contribution in [0.4, 0.5) is 13.2 Å². The van der Waals surface area contributed by atoms with E-state index in [1.54, 1.807) is 0 Å². The van der Waals surface area contributed by atoms with Crippen LogP contribution in [0, 0.1) is 11.8 Å². The van der Waals surface area contributed by atoms with Gasteiger partial charge in [-0.05, 0) is 44.9 Å². The van der Waals surface area contributed by atoms with E-state index < -0.39 is 35.4 Å². The molecule has 4 nitrogen and oxygen atoms in total. The lowest BCUT2D eigenvalue weighted by Crippen LogP contribution is -2.60. The highest BCUT2D eigenvalue weighted by atomic mass is 19.4. The van der Waals surface area contributed by atoms with E-state index in [4.69, 9.17) is 5.11 Å². The lowest BCUT2D eigenvalue weighted by Gasteiger charge is -2.40. The van der Waals surface area contributed by atoms with Crippen LogP contribution in [0.1, 0.15) is 44.9 Å². The van der Waals surface area contributed by atoms with Gasteiger partial charge in [-0.25, -0.2) is 4.79 Å². The fraction of sp³-hybridized carbons (Fsp3) is 0.846. The first-order valence-electron chi connectivity index (χ1n) is 6.87. The summed E-state index contributed by atoms with van der Waals surface area (Å²) in [5, 5.41) is 11.6. The maximum atomic E-state index is 12.5. The van der Waals surface area contributed by atoms with Gasteiger partial charge in [-0.3, -0.25) is 4.79 Å². The van der Waals surface area contributed by atoms with Crippen LogP contribution in [-0.4, -0.2) is 28.7 Å². The molecule has 0 aromatic carbocycles. The summed E-state index contributed by atoms with van der Waals surface area (Å²) in [6, 6.07) is 0. The maximum absolute atomic E-state index is 12.5. The lowest BCUT2D eigenvalue weighted by atomic mass is 9.75. The van der Waals surface area contributed by atoms with Crippen molar-refractivity contribution in [3.05, 3.63) is 0 Å². The fourth-order valence-electron chi connectivity index (χ4n) is 2.94. The second-order valence-corrected chi connectivity index (χ2v) is 5.82. The number of carboxylic acids is 1. The van der Waals surface area contributed by atoms with Gasteiger partial charge in [0.2, 0.25) is 5.91 Å². The first-order valence-corrected chi connectivity index (χ1v) is 6.87. The first-order chi connectivity index (χ1) is 9.24. The van der Waals surface area contributed by atoms with Crippen molar-refractivity contribution >= 4 is 11.9 Å². The van der Waals surface area contributed by atoms with Crippen molar-refractivity contribution in [2.45, 2.75) is 56.7 Å². The molecule has 2 aliphatic rings. The Labute approximate surface area is 114 Å². The van der Waals surface area contributed by atoms with Crippen molar-refractivity contribution in [3.8, 4) is 0 Å². The largest absolute Gasteiger partial charge is 0.480 e. The van der Waals surface area contributed by atoms with Crippen molar-refractivity contribution in [2.75, 3.05) is 0 Å². The van der Waals surface area contributed by atoms with Gasteiger partial charge in [0.05, 0.1) is 5.92 Å². The highest BCUT2D eigenvalue weighted by Crippen LogP contribution is 2.40. The minimum Gasteiger partial charge on any atom is -0.480 e. The highest BCUT2D eigenvalue weighted by Gasteiger charge is 2.48. The molecule has 0 aliphatic heterocycles. The van der Waals surface area contributed by atoms with E-state index in [2.05, 4.69) is 5.32 Å². The summed E-state index contributed by atoms with van der Waals surface area (Å²) >= 11 is 0. The Morgan fingerprint density at radius 3 is 2.00 bits per heavy atom. The number of hydrogen-bond donors (Lipinski definition) is 2. The van der Waals surface area contributed by atoms with Crippen LogP contribution < -0.4 is 5.32 Å². The normalized spacial score (nSPS) is 29.4. The number of aliphatic carboxylic acids is 1. The smallest absolute Gasteiger partial charge is 0.391 e. The predicted molar refractivity (Wildman–Crippen MR) is 63.9 cm³/mol. The van der Waals surface area contributed by atoms with Crippen molar-refractivity contribution < 1.29 is 27.9 Å². The number of alkyl halides is 3. The molecule has 0 spiro atoms. The monoisotopic (exact) mass is 293 g/mol. The van der Waals surface area contributed by atoms with Crippen molar-refractivity contribution in [1.82, 2.24) is 5.32 Å². The molecule has 7 heteroatoms. The molecule has 114 valence electrons. The third kappa shape index (κ3) is 2.91. The van der Waals surface area contributed by atoms with Crippen LogP contribution in [0.15, 0.2) is 0 Å². The van der Waals surface area contributed by atoms with Crippen molar-refractivity contribution in [1.29, 1.82) is 0 Å². The predicted octanol–water partition coefficient (Wildman–Crippen LogP) is 2.48. The standard InChI is InChI=1S/C13H18F3NO3/c14-13(15,16)9-4-2-8(3-5-9)10(18)17-12(11(19)20)6-1-7-12/h8-9H,1-7H2,(H,17,18)(H,19,20). The molecule has 0 bridgehead atoms. The topological polar surface area (TPSA) is 66.4 Å². The number of halogens is 3. The molecule has 2 saturated carbocycles. The number of carbonyl (C=O) groups excluding carboxylic acids is 1. The molecular weight excluding hydrogens is 275 g/mol. The van der Waals surface area contributed by atoms with Gasteiger partial charge in [0.1, 0.15) is 5.54 Å². The van der Waals surface area contributed by atoms with Gasteiger partial charge < -0.3 is 10.4 Å². The van der Waals surface area contributed by atoms with E-state index in [1.165, 1.54) is 0 Å². The Hall–Kier alpha value is -1.27. The zero-order valence-corrected chi connectivity index (χ0v) is 11.0. The zero-order valence-electron chi connectivity index (χ0n) is 11.0. The van der Waals surface area contributed by atoms with E-state index in [-0.39, 0.29) is 25.7 Å². The van der Waals surface area contributed by atoms with Gasteiger partial charge in [-0.1, -0.05) is 0 Å². The summed E-state index contributed by atoms with van der Waals surface area (Å²) < 4.78 is 37.6.